The zero-order valence-corrected chi connectivity index (χ0v) is 14.8. The maximum absolute atomic E-state index is 11.4. The summed E-state index contributed by atoms with van der Waals surface area (Å²) in [6.45, 7) is 3.97. The van der Waals surface area contributed by atoms with Gasteiger partial charge >= 0.3 is 5.97 Å². The van der Waals surface area contributed by atoms with Crippen molar-refractivity contribution < 1.29 is 29.2 Å². The molecule has 1 fully saturated rings. The second-order valence-corrected chi connectivity index (χ2v) is 6.47. The van der Waals surface area contributed by atoms with Crippen molar-refractivity contribution in [2.75, 3.05) is 6.61 Å². The van der Waals surface area contributed by atoms with Gasteiger partial charge in [0, 0.05) is 5.56 Å². The first-order valence-electron chi connectivity index (χ1n) is 8.85. The lowest BCUT2D eigenvalue weighted by atomic mass is 9.99. The molecule has 5 atom stereocenters. The highest BCUT2D eigenvalue weighted by Crippen LogP contribution is 2.31. The average molecular weight is 352 g/mol. The lowest BCUT2D eigenvalue weighted by molar-refractivity contribution is -0.248. The highest BCUT2D eigenvalue weighted by atomic mass is 16.7. The number of carbonyl (C=O) groups is 1. The van der Waals surface area contributed by atoms with Crippen LogP contribution in [0.3, 0.4) is 0 Å². The van der Waals surface area contributed by atoms with Crippen molar-refractivity contribution in [3.8, 4) is 0 Å². The van der Waals surface area contributed by atoms with Crippen molar-refractivity contribution in [1.29, 1.82) is 0 Å². The first-order chi connectivity index (χ1) is 12.0. The SMILES string of the molecule is CCOC(=O)C[C@@H](O)C[C@@H](O)C[C@@H]1C[C@H](C)O[C@H](c2ccccc2)O1. The number of carbonyl (C=O) groups excluding carboxylic acids is 1. The number of rotatable bonds is 8. The molecule has 0 aromatic heterocycles. The molecule has 1 aromatic carbocycles. The molecule has 2 N–H and O–H groups in total. The molecule has 0 saturated carbocycles. The minimum absolute atomic E-state index is 0.0145. The summed E-state index contributed by atoms with van der Waals surface area (Å²) in [6, 6.07) is 9.67. The fraction of sp³-hybridized carbons (Fsp3) is 0.632. The largest absolute Gasteiger partial charge is 0.466 e. The molecule has 1 heterocycles. The third kappa shape index (κ3) is 6.74. The summed E-state index contributed by atoms with van der Waals surface area (Å²) in [5.41, 5.74) is 0.941. The number of aliphatic hydroxyl groups is 2. The topological polar surface area (TPSA) is 85.2 Å². The molecule has 6 nitrogen and oxygen atoms in total. The number of hydrogen-bond donors (Lipinski definition) is 2. The van der Waals surface area contributed by atoms with Crippen LogP contribution in [0.2, 0.25) is 0 Å². The second kappa shape index (κ2) is 9.87. The predicted molar refractivity (Wildman–Crippen MR) is 91.7 cm³/mol. The Balaban J connectivity index is 1.83. The van der Waals surface area contributed by atoms with Gasteiger partial charge in [-0.1, -0.05) is 30.3 Å². The van der Waals surface area contributed by atoms with Gasteiger partial charge in [-0.2, -0.15) is 0 Å². The smallest absolute Gasteiger partial charge is 0.308 e. The normalized spacial score (nSPS) is 26.0. The van der Waals surface area contributed by atoms with Crippen molar-refractivity contribution in [1.82, 2.24) is 0 Å². The Kier molecular flexibility index (Phi) is 7.84. The van der Waals surface area contributed by atoms with E-state index in [1.54, 1.807) is 6.92 Å². The van der Waals surface area contributed by atoms with E-state index in [0.29, 0.717) is 12.8 Å². The Labute approximate surface area is 148 Å². The molecule has 25 heavy (non-hydrogen) atoms. The lowest BCUT2D eigenvalue weighted by Crippen LogP contribution is -2.35. The molecular formula is C19H28O6. The van der Waals surface area contributed by atoms with E-state index in [0.717, 1.165) is 5.56 Å². The molecule has 0 spiro atoms. The van der Waals surface area contributed by atoms with Crippen LogP contribution >= 0.6 is 0 Å². The van der Waals surface area contributed by atoms with E-state index in [-0.39, 0.29) is 31.7 Å². The predicted octanol–water partition coefficient (Wildman–Crippen LogP) is 2.33. The van der Waals surface area contributed by atoms with Crippen LogP contribution in [0, 0.1) is 0 Å². The summed E-state index contributed by atoms with van der Waals surface area (Å²) in [5, 5.41) is 20.1. The first-order valence-corrected chi connectivity index (χ1v) is 8.85. The van der Waals surface area contributed by atoms with Crippen LogP contribution in [-0.4, -0.2) is 47.2 Å². The molecular weight excluding hydrogens is 324 g/mol. The van der Waals surface area contributed by atoms with Gasteiger partial charge in [0.15, 0.2) is 6.29 Å². The van der Waals surface area contributed by atoms with Crippen molar-refractivity contribution in [2.24, 2.45) is 0 Å². The van der Waals surface area contributed by atoms with Gasteiger partial charge in [-0.3, -0.25) is 4.79 Å². The van der Waals surface area contributed by atoms with Crippen molar-refractivity contribution in [2.45, 2.75) is 70.2 Å². The zero-order chi connectivity index (χ0) is 18.2. The van der Waals surface area contributed by atoms with E-state index in [4.69, 9.17) is 14.2 Å². The van der Waals surface area contributed by atoms with Gasteiger partial charge in [0.25, 0.3) is 0 Å². The first kappa shape index (κ1) is 19.8. The standard InChI is InChI=1S/C19H28O6/c1-3-23-18(22)12-16(21)10-15(20)11-17-9-13(2)24-19(25-17)14-7-5-4-6-8-14/h4-8,13,15-17,19-21H,3,9-12H2,1-2H3/t13-,15+,16-,17-,19-/m0/s1. The molecule has 1 aliphatic heterocycles. The van der Waals surface area contributed by atoms with Gasteiger partial charge in [0.2, 0.25) is 0 Å². The van der Waals surface area contributed by atoms with Gasteiger partial charge in [-0.05, 0) is 33.1 Å². The zero-order valence-electron chi connectivity index (χ0n) is 14.8. The van der Waals surface area contributed by atoms with E-state index in [1.165, 1.54) is 0 Å². The van der Waals surface area contributed by atoms with Crippen LogP contribution in [0.4, 0.5) is 0 Å². The summed E-state index contributed by atoms with van der Waals surface area (Å²) in [4.78, 5) is 11.4. The maximum Gasteiger partial charge on any atom is 0.308 e. The Hall–Kier alpha value is -1.47. The highest BCUT2D eigenvalue weighted by molar-refractivity contribution is 5.69. The third-order valence-corrected chi connectivity index (χ3v) is 4.13. The summed E-state index contributed by atoms with van der Waals surface area (Å²) >= 11 is 0. The van der Waals surface area contributed by atoms with Crippen molar-refractivity contribution in [3.05, 3.63) is 35.9 Å². The van der Waals surface area contributed by atoms with Crippen LogP contribution in [0.5, 0.6) is 0 Å². The molecule has 0 amide bonds. The minimum Gasteiger partial charge on any atom is -0.466 e. The Morgan fingerprint density at radius 3 is 2.64 bits per heavy atom. The van der Waals surface area contributed by atoms with Gasteiger partial charge in [0.05, 0.1) is 37.4 Å². The number of ether oxygens (including phenoxy) is 3. The summed E-state index contributed by atoms with van der Waals surface area (Å²) in [6.07, 6.45) is -1.21. The van der Waals surface area contributed by atoms with E-state index in [9.17, 15) is 15.0 Å². The molecule has 0 unspecified atom stereocenters. The molecule has 0 bridgehead atoms. The summed E-state index contributed by atoms with van der Waals surface area (Å²) in [5.74, 6) is -0.456. The lowest BCUT2D eigenvalue weighted by Gasteiger charge is -2.35. The average Bonchev–Trinajstić information content (AvgIpc) is 2.54. The van der Waals surface area contributed by atoms with Crippen LogP contribution in [0.25, 0.3) is 0 Å². The van der Waals surface area contributed by atoms with Crippen LogP contribution in [-0.2, 0) is 19.0 Å². The summed E-state index contributed by atoms with van der Waals surface area (Å²) in [7, 11) is 0. The number of esters is 1. The van der Waals surface area contributed by atoms with Crippen molar-refractivity contribution in [3.63, 3.8) is 0 Å². The van der Waals surface area contributed by atoms with Gasteiger partial charge < -0.3 is 24.4 Å². The Bertz CT molecular complexity index is 520. The number of benzene rings is 1. The molecule has 140 valence electrons. The van der Waals surface area contributed by atoms with Gasteiger partial charge in [-0.25, -0.2) is 0 Å². The Morgan fingerprint density at radius 2 is 1.96 bits per heavy atom. The highest BCUT2D eigenvalue weighted by Gasteiger charge is 2.30. The van der Waals surface area contributed by atoms with E-state index >= 15 is 0 Å². The molecule has 0 aliphatic carbocycles. The molecule has 2 rings (SSSR count). The molecule has 6 heteroatoms. The monoisotopic (exact) mass is 352 g/mol. The fourth-order valence-electron chi connectivity index (χ4n) is 3.03. The molecule has 1 saturated heterocycles. The van der Waals surface area contributed by atoms with Gasteiger partial charge in [-0.15, -0.1) is 0 Å². The van der Waals surface area contributed by atoms with Crippen molar-refractivity contribution >= 4 is 5.97 Å². The molecule has 1 aliphatic rings. The third-order valence-electron chi connectivity index (χ3n) is 4.13. The van der Waals surface area contributed by atoms with Gasteiger partial charge in [0.1, 0.15) is 0 Å². The van der Waals surface area contributed by atoms with E-state index < -0.39 is 24.5 Å². The Morgan fingerprint density at radius 1 is 1.24 bits per heavy atom. The fourth-order valence-corrected chi connectivity index (χ4v) is 3.03. The number of hydrogen-bond acceptors (Lipinski definition) is 6. The summed E-state index contributed by atoms with van der Waals surface area (Å²) < 4.78 is 16.6. The second-order valence-electron chi connectivity index (χ2n) is 6.47. The molecule has 1 aromatic rings. The number of aliphatic hydroxyl groups excluding tert-OH is 2. The van der Waals surface area contributed by atoms with E-state index in [2.05, 4.69) is 0 Å². The van der Waals surface area contributed by atoms with E-state index in [1.807, 2.05) is 37.3 Å². The van der Waals surface area contributed by atoms with Crippen LogP contribution in [0.1, 0.15) is 51.4 Å². The minimum atomic E-state index is -0.920. The van der Waals surface area contributed by atoms with Crippen LogP contribution < -0.4 is 0 Å². The maximum atomic E-state index is 11.4. The quantitative estimate of drug-likeness (QED) is 0.699. The molecule has 0 radical (unpaired) electrons. The van der Waals surface area contributed by atoms with Crippen LogP contribution in [0.15, 0.2) is 30.3 Å².